The van der Waals surface area contributed by atoms with Crippen LogP contribution in [0.25, 0.3) is 0 Å². The summed E-state index contributed by atoms with van der Waals surface area (Å²) in [7, 11) is 1.51. The van der Waals surface area contributed by atoms with E-state index in [1.807, 2.05) is 0 Å². The molecular weight excluding hydrogens is 252 g/mol. The Balaban J connectivity index is 1.89. The van der Waals surface area contributed by atoms with Crippen LogP contribution in [0.5, 0.6) is 0 Å². The predicted octanol–water partition coefficient (Wildman–Crippen LogP) is 2.18. The van der Waals surface area contributed by atoms with Gasteiger partial charge >= 0.3 is 5.97 Å². The highest BCUT2D eigenvalue weighted by molar-refractivity contribution is 5.72. The van der Waals surface area contributed by atoms with Gasteiger partial charge in [0, 0.05) is 25.2 Å². The summed E-state index contributed by atoms with van der Waals surface area (Å²) in [6.45, 7) is 5.28. The van der Waals surface area contributed by atoms with Gasteiger partial charge < -0.3 is 15.0 Å². The van der Waals surface area contributed by atoms with Gasteiger partial charge in [0.15, 0.2) is 0 Å². The zero-order valence-electron chi connectivity index (χ0n) is 13.1. The van der Waals surface area contributed by atoms with Crippen LogP contribution in [0.4, 0.5) is 0 Å². The molecule has 1 N–H and O–H groups in total. The van der Waals surface area contributed by atoms with Crippen molar-refractivity contribution in [3.8, 4) is 0 Å². The lowest BCUT2D eigenvalue weighted by atomic mass is 9.93. The molecule has 2 atom stereocenters. The molecule has 1 heterocycles. The van der Waals surface area contributed by atoms with Crippen molar-refractivity contribution in [3.05, 3.63) is 0 Å². The summed E-state index contributed by atoms with van der Waals surface area (Å²) in [4.78, 5) is 14.3. The zero-order valence-corrected chi connectivity index (χ0v) is 13.1. The minimum atomic E-state index is -0.0376. The SMILES string of the molecule is CCCCN1CC(NC2CCCC2)CC(C(=O)OC)C1. The van der Waals surface area contributed by atoms with E-state index in [0.717, 1.165) is 26.1 Å². The fraction of sp³-hybridized carbons (Fsp3) is 0.938. The van der Waals surface area contributed by atoms with Gasteiger partial charge in [-0.25, -0.2) is 0 Å². The first-order chi connectivity index (χ1) is 9.72. The zero-order chi connectivity index (χ0) is 14.4. The summed E-state index contributed by atoms with van der Waals surface area (Å²) >= 11 is 0. The Labute approximate surface area is 123 Å². The highest BCUT2D eigenvalue weighted by atomic mass is 16.5. The second-order valence-corrected chi connectivity index (χ2v) is 6.41. The van der Waals surface area contributed by atoms with Crippen molar-refractivity contribution >= 4 is 5.97 Å². The van der Waals surface area contributed by atoms with Crippen LogP contribution in [-0.4, -0.2) is 49.7 Å². The van der Waals surface area contributed by atoms with E-state index >= 15 is 0 Å². The number of hydrogen-bond donors (Lipinski definition) is 1. The van der Waals surface area contributed by atoms with Gasteiger partial charge in [-0.3, -0.25) is 4.79 Å². The van der Waals surface area contributed by atoms with Gasteiger partial charge in [-0.05, 0) is 32.2 Å². The van der Waals surface area contributed by atoms with Gasteiger partial charge in [0.05, 0.1) is 13.0 Å². The van der Waals surface area contributed by atoms with Crippen LogP contribution in [0.3, 0.4) is 0 Å². The largest absolute Gasteiger partial charge is 0.469 e. The molecule has 1 aliphatic carbocycles. The van der Waals surface area contributed by atoms with Crippen molar-refractivity contribution in [1.29, 1.82) is 0 Å². The van der Waals surface area contributed by atoms with Crippen LogP contribution >= 0.6 is 0 Å². The number of piperidine rings is 1. The molecule has 4 heteroatoms. The Morgan fingerprint density at radius 2 is 2.00 bits per heavy atom. The Kier molecular flexibility index (Phi) is 6.30. The van der Waals surface area contributed by atoms with Crippen molar-refractivity contribution < 1.29 is 9.53 Å². The molecule has 4 nitrogen and oxygen atoms in total. The monoisotopic (exact) mass is 282 g/mol. The summed E-state index contributed by atoms with van der Waals surface area (Å²) in [6, 6.07) is 1.12. The highest BCUT2D eigenvalue weighted by Gasteiger charge is 2.33. The molecule has 2 aliphatic rings. The summed E-state index contributed by atoms with van der Waals surface area (Å²) in [6.07, 6.45) is 8.66. The third-order valence-electron chi connectivity index (χ3n) is 4.72. The number of likely N-dealkylation sites (tertiary alicyclic amines) is 1. The molecule has 0 aromatic rings. The maximum absolute atomic E-state index is 11.9. The normalized spacial score (nSPS) is 28.7. The maximum Gasteiger partial charge on any atom is 0.310 e. The fourth-order valence-corrected chi connectivity index (χ4v) is 3.64. The predicted molar refractivity (Wildman–Crippen MR) is 80.7 cm³/mol. The number of carbonyl (C=O) groups is 1. The van der Waals surface area contributed by atoms with E-state index in [2.05, 4.69) is 17.1 Å². The molecule has 2 rings (SSSR count). The second kappa shape index (κ2) is 7.99. The molecule has 2 fully saturated rings. The number of unbranched alkanes of at least 4 members (excludes halogenated alkanes) is 1. The number of rotatable bonds is 6. The lowest BCUT2D eigenvalue weighted by molar-refractivity contribution is -0.147. The lowest BCUT2D eigenvalue weighted by Gasteiger charge is -2.38. The number of esters is 1. The number of carbonyl (C=O) groups excluding carboxylic acids is 1. The molecule has 0 bridgehead atoms. The van der Waals surface area contributed by atoms with Crippen molar-refractivity contribution in [2.45, 2.75) is 64.0 Å². The topological polar surface area (TPSA) is 41.6 Å². The number of hydrogen-bond acceptors (Lipinski definition) is 4. The minimum absolute atomic E-state index is 0.0376. The smallest absolute Gasteiger partial charge is 0.310 e. The third-order valence-corrected chi connectivity index (χ3v) is 4.72. The first kappa shape index (κ1) is 15.8. The molecule has 2 unspecified atom stereocenters. The number of ether oxygens (including phenoxy) is 1. The Hall–Kier alpha value is -0.610. The third kappa shape index (κ3) is 4.45. The number of nitrogens with zero attached hydrogens (tertiary/aromatic N) is 1. The van der Waals surface area contributed by atoms with Crippen LogP contribution in [0, 0.1) is 5.92 Å². The van der Waals surface area contributed by atoms with Crippen LogP contribution in [0.2, 0.25) is 0 Å². The molecular formula is C16H30N2O2. The van der Waals surface area contributed by atoms with Gasteiger partial charge in [0.2, 0.25) is 0 Å². The van der Waals surface area contributed by atoms with E-state index < -0.39 is 0 Å². The molecule has 1 aliphatic heterocycles. The van der Waals surface area contributed by atoms with E-state index in [1.165, 1.54) is 45.6 Å². The second-order valence-electron chi connectivity index (χ2n) is 6.41. The Bertz CT molecular complexity index is 303. The fourth-order valence-electron chi connectivity index (χ4n) is 3.64. The highest BCUT2D eigenvalue weighted by Crippen LogP contribution is 2.23. The van der Waals surface area contributed by atoms with Crippen LogP contribution in [0.1, 0.15) is 51.9 Å². The van der Waals surface area contributed by atoms with Crippen LogP contribution in [0.15, 0.2) is 0 Å². The summed E-state index contributed by atoms with van der Waals surface area (Å²) in [5.41, 5.74) is 0. The maximum atomic E-state index is 11.9. The molecule has 116 valence electrons. The van der Waals surface area contributed by atoms with Gasteiger partial charge in [-0.15, -0.1) is 0 Å². The van der Waals surface area contributed by atoms with E-state index in [0.29, 0.717) is 12.1 Å². The molecule has 0 spiro atoms. The van der Waals surface area contributed by atoms with E-state index in [1.54, 1.807) is 0 Å². The summed E-state index contributed by atoms with van der Waals surface area (Å²) in [5.74, 6) is 0.00827. The van der Waals surface area contributed by atoms with E-state index in [9.17, 15) is 4.79 Å². The number of nitrogens with one attached hydrogen (secondary N) is 1. The molecule has 0 amide bonds. The average Bonchev–Trinajstić information content (AvgIpc) is 2.96. The van der Waals surface area contributed by atoms with Gasteiger partial charge in [0.1, 0.15) is 0 Å². The summed E-state index contributed by atoms with van der Waals surface area (Å²) in [5, 5.41) is 3.78. The Morgan fingerprint density at radius 3 is 2.65 bits per heavy atom. The molecule has 1 saturated heterocycles. The van der Waals surface area contributed by atoms with Crippen molar-refractivity contribution in [2.75, 3.05) is 26.7 Å². The van der Waals surface area contributed by atoms with Gasteiger partial charge in [0.25, 0.3) is 0 Å². The van der Waals surface area contributed by atoms with Crippen LogP contribution in [-0.2, 0) is 9.53 Å². The van der Waals surface area contributed by atoms with Crippen LogP contribution < -0.4 is 5.32 Å². The van der Waals surface area contributed by atoms with E-state index in [-0.39, 0.29) is 11.9 Å². The van der Waals surface area contributed by atoms with Crippen molar-refractivity contribution in [1.82, 2.24) is 10.2 Å². The molecule has 20 heavy (non-hydrogen) atoms. The molecule has 0 radical (unpaired) electrons. The van der Waals surface area contributed by atoms with Gasteiger partial charge in [-0.1, -0.05) is 26.2 Å². The Morgan fingerprint density at radius 1 is 1.25 bits per heavy atom. The molecule has 0 aromatic carbocycles. The average molecular weight is 282 g/mol. The van der Waals surface area contributed by atoms with E-state index in [4.69, 9.17) is 4.74 Å². The van der Waals surface area contributed by atoms with Gasteiger partial charge in [-0.2, -0.15) is 0 Å². The van der Waals surface area contributed by atoms with Crippen molar-refractivity contribution in [2.24, 2.45) is 5.92 Å². The van der Waals surface area contributed by atoms with Crippen molar-refractivity contribution in [3.63, 3.8) is 0 Å². The minimum Gasteiger partial charge on any atom is -0.469 e. The number of methoxy groups -OCH3 is 1. The first-order valence-corrected chi connectivity index (χ1v) is 8.29. The standard InChI is InChI=1S/C16H30N2O2/c1-3-4-9-18-11-13(16(19)20-2)10-15(12-18)17-14-7-5-6-8-14/h13-15,17H,3-12H2,1-2H3. The quantitative estimate of drug-likeness (QED) is 0.758. The molecule has 0 aromatic heterocycles. The molecule has 1 saturated carbocycles. The first-order valence-electron chi connectivity index (χ1n) is 8.29. The summed E-state index contributed by atoms with van der Waals surface area (Å²) < 4.78 is 4.97. The lowest BCUT2D eigenvalue weighted by Crippen LogP contribution is -2.53.